The van der Waals surface area contributed by atoms with Gasteiger partial charge in [-0.15, -0.1) is 18.3 Å². The summed E-state index contributed by atoms with van der Waals surface area (Å²) < 4.78 is 12.8. The van der Waals surface area contributed by atoms with Gasteiger partial charge in [-0.2, -0.15) is 0 Å². The zero-order valence-electron chi connectivity index (χ0n) is 8.22. The largest absolute Gasteiger partial charge is 0.398 e. The Labute approximate surface area is 88.2 Å². The number of thioether (sulfide) groups is 1. The maximum atomic E-state index is 12.8. The quantitative estimate of drug-likeness (QED) is 0.469. The van der Waals surface area contributed by atoms with Crippen molar-refractivity contribution < 1.29 is 4.39 Å². The van der Waals surface area contributed by atoms with E-state index in [0.717, 1.165) is 22.6 Å². The van der Waals surface area contributed by atoms with Gasteiger partial charge in [0, 0.05) is 16.3 Å². The predicted octanol–water partition coefficient (Wildman–Crippen LogP) is 3.47. The summed E-state index contributed by atoms with van der Waals surface area (Å²) in [6, 6.07) is 4.44. The Morgan fingerprint density at radius 2 is 2.29 bits per heavy atom. The highest BCUT2D eigenvalue weighted by molar-refractivity contribution is 7.99. The number of nitrogens with two attached hydrogens (primary N) is 1. The average Bonchev–Trinajstić information content (AvgIpc) is 2.10. The normalized spacial score (nSPS) is 10.1. The number of halogens is 1. The van der Waals surface area contributed by atoms with Crippen molar-refractivity contribution in [2.75, 3.05) is 11.5 Å². The first-order valence-electron chi connectivity index (χ1n) is 4.42. The van der Waals surface area contributed by atoms with Gasteiger partial charge < -0.3 is 5.73 Å². The molecular formula is C11H14FNS. The van der Waals surface area contributed by atoms with Gasteiger partial charge in [0.1, 0.15) is 5.82 Å². The highest BCUT2D eigenvalue weighted by atomic mass is 32.2. The van der Waals surface area contributed by atoms with E-state index >= 15 is 0 Å². The second kappa shape index (κ2) is 5.05. The van der Waals surface area contributed by atoms with Crippen molar-refractivity contribution in [1.82, 2.24) is 0 Å². The van der Waals surface area contributed by atoms with Crippen molar-refractivity contribution in [3.63, 3.8) is 0 Å². The molecule has 0 atom stereocenters. The number of rotatable bonds is 4. The van der Waals surface area contributed by atoms with Gasteiger partial charge in [0.05, 0.1) is 0 Å². The lowest BCUT2D eigenvalue weighted by atomic mass is 10.3. The molecule has 0 heterocycles. The van der Waals surface area contributed by atoms with Gasteiger partial charge in [-0.1, -0.05) is 5.57 Å². The Hall–Kier alpha value is -0.960. The topological polar surface area (TPSA) is 26.0 Å². The maximum absolute atomic E-state index is 12.8. The smallest absolute Gasteiger partial charge is 0.124 e. The molecule has 0 saturated carbocycles. The Morgan fingerprint density at radius 3 is 2.93 bits per heavy atom. The van der Waals surface area contributed by atoms with Crippen LogP contribution in [0.2, 0.25) is 0 Å². The van der Waals surface area contributed by atoms with E-state index in [1.165, 1.54) is 12.1 Å². The molecule has 2 N–H and O–H groups in total. The van der Waals surface area contributed by atoms with Gasteiger partial charge in [0.2, 0.25) is 0 Å². The van der Waals surface area contributed by atoms with Crippen LogP contribution in [0.25, 0.3) is 0 Å². The molecule has 1 nitrogen and oxygen atoms in total. The standard InChI is InChI=1S/C11H14FNS/c1-8(2)5-6-14-11-7-9(12)3-4-10(11)13/h3-4,7H,1,5-6,13H2,2H3. The minimum absolute atomic E-state index is 0.239. The third kappa shape index (κ3) is 3.42. The molecule has 14 heavy (non-hydrogen) atoms. The molecule has 1 rings (SSSR count). The molecule has 0 fully saturated rings. The number of anilines is 1. The zero-order chi connectivity index (χ0) is 10.6. The van der Waals surface area contributed by atoms with Gasteiger partial charge >= 0.3 is 0 Å². The summed E-state index contributed by atoms with van der Waals surface area (Å²) >= 11 is 1.56. The molecule has 0 aliphatic rings. The maximum Gasteiger partial charge on any atom is 0.124 e. The highest BCUT2D eigenvalue weighted by Gasteiger charge is 2.01. The van der Waals surface area contributed by atoms with Crippen LogP contribution in [0.1, 0.15) is 13.3 Å². The van der Waals surface area contributed by atoms with Crippen molar-refractivity contribution in [3.05, 3.63) is 36.2 Å². The molecule has 0 aliphatic heterocycles. The summed E-state index contributed by atoms with van der Waals surface area (Å²) in [6.07, 6.45) is 0.931. The molecule has 0 bridgehead atoms. The SMILES string of the molecule is C=C(C)CCSc1cc(F)ccc1N. The average molecular weight is 211 g/mol. The van der Waals surface area contributed by atoms with Crippen LogP contribution in [0.4, 0.5) is 10.1 Å². The molecule has 76 valence electrons. The van der Waals surface area contributed by atoms with Gasteiger partial charge in [-0.05, 0) is 31.5 Å². The molecule has 0 aliphatic carbocycles. The lowest BCUT2D eigenvalue weighted by Gasteiger charge is -2.04. The fraction of sp³-hybridized carbons (Fsp3) is 0.273. The van der Waals surface area contributed by atoms with Gasteiger partial charge in [0.25, 0.3) is 0 Å². The summed E-state index contributed by atoms with van der Waals surface area (Å²) in [5, 5.41) is 0. The fourth-order valence-corrected chi connectivity index (χ4v) is 2.07. The van der Waals surface area contributed by atoms with Crippen molar-refractivity contribution in [2.45, 2.75) is 18.2 Å². The molecular weight excluding hydrogens is 197 g/mol. The summed E-state index contributed by atoms with van der Waals surface area (Å²) in [4.78, 5) is 0.811. The molecule has 1 aromatic rings. The van der Waals surface area contributed by atoms with Crippen LogP contribution in [0.5, 0.6) is 0 Å². The van der Waals surface area contributed by atoms with Crippen LogP contribution in [0.15, 0.2) is 35.2 Å². The summed E-state index contributed by atoms with van der Waals surface area (Å²) in [5.74, 6) is 0.653. The summed E-state index contributed by atoms with van der Waals surface area (Å²) in [5.41, 5.74) is 7.47. The summed E-state index contributed by atoms with van der Waals surface area (Å²) in [7, 11) is 0. The van der Waals surface area contributed by atoms with Crippen LogP contribution in [-0.2, 0) is 0 Å². The number of hydrogen-bond donors (Lipinski definition) is 1. The molecule has 0 radical (unpaired) electrons. The predicted molar refractivity (Wildman–Crippen MR) is 61.0 cm³/mol. The fourth-order valence-electron chi connectivity index (χ4n) is 0.968. The number of allylic oxidation sites excluding steroid dienone is 1. The van der Waals surface area contributed by atoms with Crippen LogP contribution in [0.3, 0.4) is 0 Å². The third-order valence-corrected chi connectivity index (χ3v) is 2.83. The number of hydrogen-bond acceptors (Lipinski definition) is 2. The Balaban J connectivity index is 2.57. The van der Waals surface area contributed by atoms with E-state index in [2.05, 4.69) is 6.58 Å². The number of nitrogen functional groups attached to an aromatic ring is 1. The van der Waals surface area contributed by atoms with E-state index in [1.807, 2.05) is 6.92 Å². The van der Waals surface area contributed by atoms with E-state index in [4.69, 9.17) is 5.73 Å². The van der Waals surface area contributed by atoms with Crippen LogP contribution in [0, 0.1) is 5.82 Å². The molecule has 0 spiro atoms. The first-order valence-corrected chi connectivity index (χ1v) is 5.40. The van der Waals surface area contributed by atoms with Crippen molar-refractivity contribution in [2.24, 2.45) is 0 Å². The molecule has 0 saturated heterocycles. The first kappa shape index (κ1) is 11.1. The van der Waals surface area contributed by atoms with Crippen LogP contribution >= 0.6 is 11.8 Å². The lowest BCUT2D eigenvalue weighted by molar-refractivity contribution is 0.624. The second-order valence-corrected chi connectivity index (χ2v) is 4.37. The van der Waals surface area contributed by atoms with E-state index < -0.39 is 0 Å². The van der Waals surface area contributed by atoms with Crippen molar-refractivity contribution >= 4 is 17.4 Å². The lowest BCUT2D eigenvalue weighted by Crippen LogP contribution is -1.90. The van der Waals surface area contributed by atoms with Crippen molar-refractivity contribution in [1.29, 1.82) is 0 Å². The minimum atomic E-state index is -0.239. The molecule has 0 unspecified atom stereocenters. The molecule has 0 aromatic heterocycles. The van der Waals surface area contributed by atoms with Gasteiger partial charge in [-0.25, -0.2) is 4.39 Å². The monoisotopic (exact) mass is 211 g/mol. The van der Waals surface area contributed by atoms with E-state index in [-0.39, 0.29) is 5.82 Å². The van der Waals surface area contributed by atoms with E-state index in [0.29, 0.717) is 5.69 Å². The third-order valence-electron chi connectivity index (χ3n) is 1.76. The highest BCUT2D eigenvalue weighted by Crippen LogP contribution is 2.26. The molecule has 1 aromatic carbocycles. The molecule has 3 heteroatoms. The minimum Gasteiger partial charge on any atom is -0.398 e. The van der Waals surface area contributed by atoms with Crippen LogP contribution in [-0.4, -0.2) is 5.75 Å². The number of benzene rings is 1. The second-order valence-electron chi connectivity index (χ2n) is 3.24. The molecule has 0 amide bonds. The summed E-state index contributed by atoms with van der Waals surface area (Å²) in [6.45, 7) is 5.79. The van der Waals surface area contributed by atoms with Gasteiger partial charge in [-0.3, -0.25) is 0 Å². The van der Waals surface area contributed by atoms with Crippen LogP contribution < -0.4 is 5.73 Å². The van der Waals surface area contributed by atoms with E-state index in [9.17, 15) is 4.39 Å². The first-order chi connectivity index (χ1) is 6.59. The Bertz CT molecular complexity index is 336. The van der Waals surface area contributed by atoms with Gasteiger partial charge in [0.15, 0.2) is 0 Å². The van der Waals surface area contributed by atoms with E-state index in [1.54, 1.807) is 17.8 Å². The zero-order valence-corrected chi connectivity index (χ0v) is 9.03. The Morgan fingerprint density at radius 1 is 1.57 bits per heavy atom. The van der Waals surface area contributed by atoms with Crippen molar-refractivity contribution in [3.8, 4) is 0 Å². The Kier molecular flexibility index (Phi) is 4.01.